The third kappa shape index (κ3) is 2.44. The van der Waals surface area contributed by atoms with E-state index in [0.717, 1.165) is 27.4 Å². The van der Waals surface area contributed by atoms with Crippen molar-refractivity contribution in [3.05, 3.63) is 72.1 Å². The molecule has 1 amide bonds. The van der Waals surface area contributed by atoms with Crippen molar-refractivity contribution >= 4 is 33.4 Å². The van der Waals surface area contributed by atoms with Crippen LogP contribution in [-0.4, -0.2) is 15.9 Å². The van der Waals surface area contributed by atoms with E-state index in [9.17, 15) is 4.79 Å². The predicted octanol–water partition coefficient (Wildman–Crippen LogP) is 4.28. The molecule has 0 bridgehead atoms. The van der Waals surface area contributed by atoms with Crippen LogP contribution in [0.1, 0.15) is 16.1 Å². The summed E-state index contributed by atoms with van der Waals surface area (Å²) in [6.45, 7) is 2.03. The molecule has 4 heteroatoms. The van der Waals surface area contributed by atoms with Gasteiger partial charge in [0, 0.05) is 22.5 Å². The number of aromatic nitrogens is 2. The number of carbonyl (C=O) groups is 1. The number of anilines is 1. The lowest BCUT2D eigenvalue weighted by Crippen LogP contribution is -2.12. The van der Waals surface area contributed by atoms with E-state index in [-0.39, 0.29) is 5.91 Å². The molecule has 4 nitrogen and oxygen atoms in total. The molecule has 0 spiro atoms. The molecule has 0 radical (unpaired) electrons. The van der Waals surface area contributed by atoms with Gasteiger partial charge >= 0.3 is 0 Å². The van der Waals surface area contributed by atoms with Crippen molar-refractivity contribution in [2.75, 3.05) is 5.32 Å². The minimum Gasteiger partial charge on any atom is -0.351 e. The molecule has 2 aromatic heterocycles. The maximum atomic E-state index is 12.5. The standard InChI is InChI=1S/C19H15N3O/c1-12-7-8-14-11-17(21-16(14)10-12)19(23)22-15-6-2-4-13-5-3-9-20-18(13)15/h2-11,21H,1H3,(H,22,23). The van der Waals surface area contributed by atoms with E-state index >= 15 is 0 Å². The zero-order valence-electron chi connectivity index (χ0n) is 12.6. The second kappa shape index (κ2) is 5.25. The third-order valence-electron chi connectivity index (χ3n) is 3.90. The number of aryl methyl sites for hydroxylation is 1. The number of para-hydroxylation sites is 1. The van der Waals surface area contributed by atoms with Crippen LogP contribution in [0.15, 0.2) is 60.8 Å². The van der Waals surface area contributed by atoms with Gasteiger partial charge in [-0.05, 0) is 36.8 Å². The average Bonchev–Trinajstić information content (AvgIpc) is 2.98. The Balaban J connectivity index is 1.70. The van der Waals surface area contributed by atoms with Crippen molar-refractivity contribution in [2.24, 2.45) is 0 Å². The summed E-state index contributed by atoms with van der Waals surface area (Å²) < 4.78 is 0. The molecule has 112 valence electrons. The van der Waals surface area contributed by atoms with Crippen molar-refractivity contribution in [1.82, 2.24) is 9.97 Å². The number of pyridine rings is 1. The zero-order valence-corrected chi connectivity index (χ0v) is 12.6. The van der Waals surface area contributed by atoms with E-state index in [0.29, 0.717) is 11.4 Å². The molecule has 2 N–H and O–H groups in total. The first-order valence-corrected chi connectivity index (χ1v) is 7.45. The molecule has 0 aliphatic heterocycles. The van der Waals surface area contributed by atoms with Gasteiger partial charge in [0.2, 0.25) is 0 Å². The first-order chi connectivity index (χ1) is 11.2. The van der Waals surface area contributed by atoms with Crippen LogP contribution in [0.3, 0.4) is 0 Å². The van der Waals surface area contributed by atoms with Gasteiger partial charge in [-0.15, -0.1) is 0 Å². The van der Waals surface area contributed by atoms with Gasteiger partial charge in [-0.2, -0.15) is 0 Å². The number of benzene rings is 2. The highest BCUT2D eigenvalue weighted by Crippen LogP contribution is 2.22. The highest BCUT2D eigenvalue weighted by atomic mass is 16.1. The molecule has 4 aromatic rings. The van der Waals surface area contributed by atoms with Gasteiger partial charge in [0.25, 0.3) is 5.91 Å². The van der Waals surface area contributed by atoms with Crippen molar-refractivity contribution < 1.29 is 4.79 Å². The summed E-state index contributed by atoms with van der Waals surface area (Å²) in [5.74, 6) is -0.169. The van der Waals surface area contributed by atoms with Crippen molar-refractivity contribution in [3.8, 4) is 0 Å². The average molecular weight is 301 g/mol. The Bertz CT molecular complexity index is 1030. The minimum atomic E-state index is -0.169. The molecule has 2 heterocycles. The maximum Gasteiger partial charge on any atom is 0.272 e. The molecule has 0 atom stereocenters. The zero-order chi connectivity index (χ0) is 15.8. The van der Waals surface area contributed by atoms with Crippen LogP contribution < -0.4 is 5.32 Å². The van der Waals surface area contributed by atoms with Gasteiger partial charge in [0.1, 0.15) is 5.69 Å². The fourth-order valence-corrected chi connectivity index (χ4v) is 2.76. The summed E-state index contributed by atoms with van der Waals surface area (Å²) in [4.78, 5) is 20.1. The van der Waals surface area contributed by atoms with Crippen molar-refractivity contribution in [2.45, 2.75) is 6.92 Å². The van der Waals surface area contributed by atoms with Gasteiger partial charge in [-0.1, -0.05) is 30.3 Å². The summed E-state index contributed by atoms with van der Waals surface area (Å²) in [7, 11) is 0. The number of hydrogen-bond acceptors (Lipinski definition) is 2. The van der Waals surface area contributed by atoms with E-state index in [1.54, 1.807) is 6.20 Å². The van der Waals surface area contributed by atoms with Crippen LogP contribution in [0.4, 0.5) is 5.69 Å². The van der Waals surface area contributed by atoms with Gasteiger partial charge in [-0.3, -0.25) is 9.78 Å². The van der Waals surface area contributed by atoms with Crippen LogP contribution in [0.2, 0.25) is 0 Å². The summed E-state index contributed by atoms with van der Waals surface area (Å²) in [6.07, 6.45) is 1.73. The Morgan fingerprint density at radius 1 is 1.04 bits per heavy atom. The normalized spacial score (nSPS) is 11.0. The molecule has 0 saturated heterocycles. The lowest BCUT2D eigenvalue weighted by molar-refractivity contribution is 0.102. The Morgan fingerprint density at radius 3 is 2.83 bits per heavy atom. The first-order valence-electron chi connectivity index (χ1n) is 7.45. The van der Waals surface area contributed by atoms with Crippen molar-refractivity contribution in [3.63, 3.8) is 0 Å². The number of amides is 1. The summed E-state index contributed by atoms with van der Waals surface area (Å²) in [6, 6.07) is 17.5. The van der Waals surface area contributed by atoms with E-state index in [1.165, 1.54) is 0 Å². The van der Waals surface area contributed by atoms with E-state index in [1.807, 2.05) is 61.5 Å². The number of fused-ring (bicyclic) bond motifs is 2. The van der Waals surface area contributed by atoms with Gasteiger partial charge < -0.3 is 10.3 Å². The number of nitrogens with one attached hydrogen (secondary N) is 2. The molecule has 0 unspecified atom stereocenters. The third-order valence-corrected chi connectivity index (χ3v) is 3.90. The molecular weight excluding hydrogens is 286 g/mol. The Morgan fingerprint density at radius 2 is 1.91 bits per heavy atom. The largest absolute Gasteiger partial charge is 0.351 e. The molecule has 0 aliphatic rings. The number of rotatable bonds is 2. The summed E-state index contributed by atoms with van der Waals surface area (Å²) in [5.41, 5.74) is 4.16. The van der Waals surface area contributed by atoms with Crippen molar-refractivity contribution in [1.29, 1.82) is 0 Å². The Kier molecular flexibility index (Phi) is 3.08. The summed E-state index contributed by atoms with van der Waals surface area (Å²) >= 11 is 0. The van der Waals surface area contributed by atoms with Gasteiger partial charge in [0.05, 0.1) is 11.2 Å². The highest BCUT2D eigenvalue weighted by Gasteiger charge is 2.11. The van der Waals surface area contributed by atoms with E-state index < -0.39 is 0 Å². The molecule has 23 heavy (non-hydrogen) atoms. The molecule has 2 aromatic carbocycles. The molecular formula is C19H15N3O. The second-order valence-corrected chi connectivity index (χ2v) is 5.61. The quantitative estimate of drug-likeness (QED) is 0.580. The fourth-order valence-electron chi connectivity index (χ4n) is 2.76. The lowest BCUT2D eigenvalue weighted by atomic mass is 10.2. The minimum absolute atomic E-state index is 0.169. The molecule has 0 aliphatic carbocycles. The molecule has 0 saturated carbocycles. The Labute approximate surface area is 133 Å². The van der Waals surface area contributed by atoms with Crippen LogP contribution >= 0.6 is 0 Å². The maximum absolute atomic E-state index is 12.5. The Hall–Kier alpha value is -3.14. The number of carbonyl (C=O) groups excluding carboxylic acids is 1. The number of H-pyrrole nitrogens is 1. The number of aromatic amines is 1. The van der Waals surface area contributed by atoms with Gasteiger partial charge in [0.15, 0.2) is 0 Å². The lowest BCUT2D eigenvalue weighted by Gasteiger charge is -2.06. The van der Waals surface area contributed by atoms with Crippen LogP contribution in [0.25, 0.3) is 21.8 Å². The van der Waals surface area contributed by atoms with Crippen LogP contribution in [-0.2, 0) is 0 Å². The fraction of sp³-hybridized carbons (Fsp3) is 0.0526. The second-order valence-electron chi connectivity index (χ2n) is 5.61. The number of nitrogens with zero attached hydrogens (tertiary/aromatic N) is 1. The topological polar surface area (TPSA) is 57.8 Å². The number of hydrogen-bond donors (Lipinski definition) is 2. The summed E-state index contributed by atoms with van der Waals surface area (Å²) in [5, 5.41) is 4.97. The molecule has 4 rings (SSSR count). The highest BCUT2D eigenvalue weighted by molar-refractivity contribution is 6.09. The SMILES string of the molecule is Cc1ccc2cc(C(=O)Nc3cccc4cccnc34)[nH]c2c1. The van der Waals surface area contributed by atoms with E-state index in [4.69, 9.17) is 0 Å². The smallest absolute Gasteiger partial charge is 0.272 e. The monoisotopic (exact) mass is 301 g/mol. The first kappa shape index (κ1) is 13.5. The predicted molar refractivity (Wildman–Crippen MR) is 92.7 cm³/mol. The molecule has 0 fully saturated rings. The van der Waals surface area contributed by atoms with Crippen LogP contribution in [0.5, 0.6) is 0 Å². The van der Waals surface area contributed by atoms with E-state index in [2.05, 4.69) is 15.3 Å². The van der Waals surface area contributed by atoms with Crippen LogP contribution in [0, 0.1) is 6.92 Å². The van der Waals surface area contributed by atoms with Gasteiger partial charge in [-0.25, -0.2) is 0 Å².